The molecule has 0 aliphatic heterocycles. The van der Waals surface area contributed by atoms with E-state index in [1.54, 1.807) is 0 Å². The minimum atomic E-state index is -0.163. The lowest BCUT2D eigenvalue weighted by Crippen LogP contribution is -2.20. The first-order valence-corrected chi connectivity index (χ1v) is 8.79. The standard InChI is InChI=1S/C23H21N3/c1-23(2,19-12-7-4-8-13-19)21-16-17-26(25-21)22-15-9-14-20(24-22)18-10-5-3-6-11-18/h3-17H,1-2H3. The fourth-order valence-electron chi connectivity index (χ4n) is 3.11. The van der Waals surface area contributed by atoms with E-state index in [4.69, 9.17) is 10.1 Å². The summed E-state index contributed by atoms with van der Waals surface area (Å²) in [5.41, 5.74) is 4.16. The molecule has 128 valence electrons. The molecule has 4 rings (SSSR count). The SMILES string of the molecule is CC(C)(c1ccccc1)c1ccn(-c2cccc(-c3ccccc3)n2)n1. The molecule has 0 N–H and O–H groups in total. The predicted molar refractivity (Wildman–Crippen MR) is 105 cm³/mol. The van der Waals surface area contributed by atoms with Gasteiger partial charge in [-0.3, -0.25) is 0 Å². The summed E-state index contributed by atoms with van der Waals surface area (Å²) in [5, 5.41) is 4.82. The normalized spacial score (nSPS) is 11.5. The Bertz CT molecular complexity index is 1000. The van der Waals surface area contributed by atoms with Gasteiger partial charge in [0.1, 0.15) is 0 Å². The maximum absolute atomic E-state index is 4.82. The van der Waals surface area contributed by atoms with Crippen LogP contribution in [0, 0.1) is 0 Å². The predicted octanol–water partition coefficient (Wildman–Crippen LogP) is 5.26. The van der Waals surface area contributed by atoms with Crippen LogP contribution in [0.25, 0.3) is 17.1 Å². The first-order valence-electron chi connectivity index (χ1n) is 8.79. The van der Waals surface area contributed by atoms with Gasteiger partial charge in [-0.25, -0.2) is 9.67 Å². The highest BCUT2D eigenvalue weighted by Gasteiger charge is 2.25. The zero-order chi connectivity index (χ0) is 18.0. The van der Waals surface area contributed by atoms with Crippen LogP contribution in [-0.4, -0.2) is 14.8 Å². The molecule has 0 saturated carbocycles. The lowest BCUT2D eigenvalue weighted by Gasteiger charge is -2.22. The van der Waals surface area contributed by atoms with Crippen molar-refractivity contribution < 1.29 is 0 Å². The Morgan fingerprint density at radius 2 is 1.42 bits per heavy atom. The summed E-state index contributed by atoms with van der Waals surface area (Å²) >= 11 is 0. The van der Waals surface area contributed by atoms with Crippen LogP contribution in [0.15, 0.2) is 91.1 Å². The topological polar surface area (TPSA) is 30.7 Å². The Hall–Kier alpha value is -3.20. The van der Waals surface area contributed by atoms with Crippen LogP contribution in [0.1, 0.15) is 25.1 Å². The van der Waals surface area contributed by atoms with Gasteiger partial charge in [0.2, 0.25) is 0 Å². The average Bonchev–Trinajstić information content (AvgIpc) is 3.21. The van der Waals surface area contributed by atoms with Crippen molar-refractivity contribution in [3.8, 4) is 17.1 Å². The summed E-state index contributed by atoms with van der Waals surface area (Å²) < 4.78 is 1.85. The summed E-state index contributed by atoms with van der Waals surface area (Å²) in [6.45, 7) is 4.39. The summed E-state index contributed by atoms with van der Waals surface area (Å²) in [6, 6.07) is 28.8. The third-order valence-electron chi connectivity index (χ3n) is 4.76. The van der Waals surface area contributed by atoms with Crippen molar-refractivity contribution in [2.24, 2.45) is 0 Å². The Morgan fingerprint density at radius 3 is 2.15 bits per heavy atom. The molecule has 26 heavy (non-hydrogen) atoms. The minimum absolute atomic E-state index is 0.163. The van der Waals surface area contributed by atoms with Gasteiger partial charge in [0.15, 0.2) is 5.82 Å². The van der Waals surface area contributed by atoms with Gasteiger partial charge in [0.25, 0.3) is 0 Å². The van der Waals surface area contributed by atoms with Crippen molar-refractivity contribution in [2.75, 3.05) is 0 Å². The van der Waals surface area contributed by atoms with Gasteiger partial charge in [-0.05, 0) is 23.8 Å². The van der Waals surface area contributed by atoms with Gasteiger partial charge < -0.3 is 0 Å². The number of hydrogen-bond acceptors (Lipinski definition) is 2. The van der Waals surface area contributed by atoms with Crippen molar-refractivity contribution in [2.45, 2.75) is 19.3 Å². The number of aromatic nitrogens is 3. The van der Waals surface area contributed by atoms with E-state index >= 15 is 0 Å². The molecule has 0 saturated heterocycles. The summed E-state index contributed by atoms with van der Waals surface area (Å²) in [6.07, 6.45) is 1.98. The van der Waals surface area contributed by atoms with E-state index in [1.807, 2.05) is 53.3 Å². The second-order valence-corrected chi connectivity index (χ2v) is 6.88. The minimum Gasteiger partial charge on any atom is -0.229 e. The molecule has 0 bridgehead atoms. The van der Waals surface area contributed by atoms with E-state index in [2.05, 4.69) is 56.3 Å². The molecule has 4 aromatic rings. The molecule has 0 amide bonds. The molecule has 3 heteroatoms. The first kappa shape index (κ1) is 16.3. The van der Waals surface area contributed by atoms with Crippen LogP contribution < -0.4 is 0 Å². The van der Waals surface area contributed by atoms with E-state index < -0.39 is 0 Å². The maximum Gasteiger partial charge on any atom is 0.153 e. The smallest absolute Gasteiger partial charge is 0.153 e. The summed E-state index contributed by atoms with van der Waals surface area (Å²) in [4.78, 5) is 4.78. The highest BCUT2D eigenvalue weighted by Crippen LogP contribution is 2.30. The Labute approximate surface area is 154 Å². The van der Waals surface area contributed by atoms with E-state index in [0.29, 0.717) is 0 Å². The van der Waals surface area contributed by atoms with Crippen molar-refractivity contribution in [3.63, 3.8) is 0 Å². The fraction of sp³-hybridized carbons (Fsp3) is 0.130. The quantitative estimate of drug-likeness (QED) is 0.508. The third-order valence-corrected chi connectivity index (χ3v) is 4.76. The highest BCUT2D eigenvalue weighted by molar-refractivity contribution is 5.59. The molecule has 2 aromatic carbocycles. The van der Waals surface area contributed by atoms with Crippen molar-refractivity contribution in [1.29, 1.82) is 0 Å². The molecule has 3 nitrogen and oxygen atoms in total. The number of benzene rings is 2. The highest BCUT2D eigenvalue weighted by atomic mass is 15.3. The lowest BCUT2D eigenvalue weighted by molar-refractivity contribution is 0.603. The molecule has 0 aliphatic carbocycles. The summed E-state index contributed by atoms with van der Waals surface area (Å²) in [5.74, 6) is 0.821. The molecule has 0 radical (unpaired) electrons. The second-order valence-electron chi connectivity index (χ2n) is 6.88. The molecule has 0 spiro atoms. The molecular weight excluding hydrogens is 318 g/mol. The van der Waals surface area contributed by atoms with E-state index in [0.717, 1.165) is 22.8 Å². The second kappa shape index (κ2) is 6.60. The van der Waals surface area contributed by atoms with Gasteiger partial charge in [-0.2, -0.15) is 5.10 Å². The molecule has 0 fully saturated rings. The van der Waals surface area contributed by atoms with Crippen LogP contribution in [0.4, 0.5) is 0 Å². The number of pyridine rings is 1. The molecule has 2 aromatic heterocycles. The van der Waals surface area contributed by atoms with Gasteiger partial charge in [0, 0.05) is 17.2 Å². The molecule has 0 aliphatic rings. The number of rotatable bonds is 4. The zero-order valence-corrected chi connectivity index (χ0v) is 15.0. The largest absolute Gasteiger partial charge is 0.229 e. The molecular formula is C23H21N3. The van der Waals surface area contributed by atoms with Crippen LogP contribution in [0.2, 0.25) is 0 Å². The summed E-state index contributed by atoms with van der Waals surface area (Å²) in [7, 11) is 0. The molecule has 0 atom stereocenters. The molecule has 0 unspecified atom stereocenters. The average molecular weight is 339 g/mol. The Balaban J connectivity index is 1.69. The number of hydrogen-bond donors (Lipinski definition) is 0. The van der Waals surface area contributed by atoms with E-state index in [9.17, 15) is 0 Å². The van der Waals surface area contributed by atoms with Gasteiger partial charge in [0.05, 0.1) is 11.4 Å². The lowest BCUT2D eigenvalue weighted by atomic mass is 9.82. The third kappa shape index (κ3) is 3.04. The van der Waals surface area contributed by atoms with Crippen LogP contribution in [0.3, 0.4) is 0 Å². The fourth-order valence-corrected chi connectivity index (χ4v) is 3.11. The van der Waals surface area contributed by atoms with E-state index in [-0.39, 0.29) is 5.41 Å². The number of nitrogens with zero attached hydrogens (tertiary/aromatic N) is 3. The van der Waals surface area contributed by atoms with E-state index in [1.165, 1.54) is 5.56 Å². The van der Waals surface area contributed by atoms with Crippen molar-refractivity contribution >= 4 is 0 Å². The molecule has 2 heterocycles. The first-order chi connectivity index (χ1) is 12.6. The Morgan fingerprint density at radius 1 is 0.731 bits per heavy atom. The monoisotopic (exact) mass is 339 g/mol. The van der Waals surface area contributed by atoms with Crippen LogP contribution >= 0.6 is 0 Å². The van der Waals surface area contributed by atoms with Crippen molar-refractivity contribution in [1.82, 2.24) is 14.8 Å². The van der Waals surface area contributed by atoms with Crippen molar-refractivity contribution in [3.05, 3.63) is 102 Å². The van der Waals surface area contributed by atoms with Gasteiger partial charge in [-0.1, -0.05) is 80.6 Å². The maximum atomic E-state index is 4.82. The van der Waals surface area contributed by atoms with Gasteiger partial charge in [-0.15, -0.1) is 0 Å². The zero-order valence-electron chi connectivity index (χ0n) is 15.0. The van der Waals surface area contributed by atoms with Gasteiger partial charge >= 0.3 is 0 Å². The van der Waals surface area contributed by atoms with Crippen LogP contribution in [0.5, 0.6) is 0 Å². The Kier molecular flexibility index (Phi) is 4.13. The van der Waals surface area contributed by atoms with Crippen LogP contribution in [-0.2, 0) is 5.41 Å².